The number of hydrogen-bond donors (Lipinski definition) is 5. The maximum Gasteiger partial charge on any atom is 0.337 e. The Hall–Kier alpha value is -9.12. The molecular formula is C68H53Cl3N4O5. The van der Waals surface area contributed by atoms with Crippen molar-refractivity contribution in [3.8, 4) is 67.2 Å². The molecular weight excluding hydrogens is 1060 g/mol. The Labute approximate surface area is 477 Å². The van der Waals surface area contributed by atoms with E-state index in [4.69, 9.17) is 44.6 Å². The molecule has 0 radical (unpaired) electrons. The molecule has 0 unspecified atom stereocenters. The van der Waals surface area contributed by atoms with Gasteiger partial charge in [-0.2, -0.15) is 0 Å². The molecule has 0 aliphatic carbocycles. The van der Waals surface area contributed by atoms with E-state index in [-0.39, 0.29) is 11.9 Å². The molecule has 12 heteroatoms. The van der Waals surface area contributed by atoms with Crippen LogP contribution in [0.15, 0.2) is 200 Å². The van der Waals surface area contributed by atoms with Crippen molar-refractivity contribution >= 4 is 85.4 Å². The highest BCUT2D eigenvalue weighted by atomic mass is 35.5. The van der Waals surface area contributed by atoms with Crippen molar-refractivity contribution < 1.29 is 24.2 Å². The molecule has 12 aromatic rings. The van der Waals surface area contributed by atoms with Gasteiger partial charge in [-0.15, -0.1) is 0 Å². The van der Waals surface area contributed by atoms with Crippen LogP contribution in [0.4, 0.5) is 0 Å². The first kappa shape index (κ1) is 54.2. The topological polar surface area (TPSA) is 140 Å². The number of aromatic carboxylic acids is 1. The second-order valence-electron chi connectivity index (χ2n) is 19.4. The summed E-state index contributed by atoms with van der Waals surface area (Å²) in [5, 5.41) is 17.3. The van der Waals surface area contributed by atoms with Gasteiger partial charge >= 0.3 is 11.9 Å². The number of aryl methyl sites for hydroxylation is 3. The Morgan fingerprint density at radius 2 is 0.750 bits per heavy atom. The predicted octanol–water partition coefficient (Wildman–Crippen LogP) is 18.2. The molecule has 0 saturated carbocycles. The number of benzene rings is 9. The molecule has 0 atom stereocenters. The van der Waals surface area contributed by atoms with Crippen LogP contribution in [0.1, 0.15) is 47.8 Å². The third-order valence-electron chi connectivity index (χ3n) is 14.1. The number of carboxylic acid groups (broad SMARTS) is 1. The highest BCUT2D eigenvalue weighted by Gasteiger charge is 2.15. The van der Waals surface area contributed by atoms with Crippen LogP contribution in [0.2, 0.25) is 15.1 Å². The lowest BCUT2D eigenvalue weighted by Crippen LogP contribution is -2.17. The van der Waals surface area contributed by atoms with Crippen molar-refractivity contribution in [3.05, 3.63) is 249 Å². The van der Waals surface area contributed by atoms with E-state index < -0.39 is 5.97 Å². The Kier molecular flexibility index (Phi) is 15.9. The van der Waals surface area contributed by atoms with E-state index in [0.717, 1.165) is 127 Å². The van der Waals surface area contributed by atoms with Crippen LogP contribution in [0.3, 0.4) is 0 Å². The highest BCUT2D eigenvalue weighted by molar-refractivity contribution is 6.34. The Morgan fingerprint density at radius 3 is 1.09 bits per heavy atom. The van der Waals surface area contributed by atoms with Gasteiger partial charge in [0.1, 0.15) is 0 Å². The Morgan fingerprint density at radius 1 is 0.412 bits per heavy atom. The molecule has 80 heavy (non-hydrogen) atoms. The van der Waals surface area contributed by atoms with Gasteiger partial charge in [-0.3, -0.25) is 4.79 Å². The zero-order valence-corrected chi connectivity index (χ0v) is 46.5. The first-order valence-corrected chi connectivity index (χ1v) is 26.8. The number of carbonyl (C=O) groups excluding carboxylic acids is 2. The van der Waals surface area contributed by atoms with Crippen LogP contribution in [0.5, 0.6) is 0 Å². The minimum Gasteiger partial charge on any atom is -0.478 e. The summed E-state index contributed by atoms with van der Waals surface area (Å²) in [6.45, 7) is 5.95. The SMILES string of the molecule is CNC(=O)c1ccc(-c2ccc3[nH]c(-c4ccccc4Cl)cc3c2)c(C)c1.COC(=O)c1ccc(-c2ccc3[nH]c(-c4ccccc4Cl)cc3c2)c(C)c1.Cc1cc(C(=O)O)ccc1-c1ccc2[nH]c(-c3ccccc3Cl)cc2c1. The quantitative estimate of drug-likeness (QED) is 0.0916. The number of hydrogen-bond acceptors (Lipinski definition) is 4. The normalized spacial score (nSPS) is 10.9. The number of methoxy groups -OCH3 is 1. The minimum absolute atomic E-state index is 0.0740. The summed E-state index contributed by atoms with van der Waals surface area (Å²) in [4.78, 5) is 44.9. The molecule has 3 heterocycles. The van der Waals surface area contributed by atoms with Crippen molar-refractivity contribution in [1.82, 2.24) is 20.3 Å². The van der Waals surface area contributed by atoms with E-state index in [0.29, 0.717) is 21.7 Å². The Bertz CT molecular complexity index is 4160. The molecule has 3 aromatic heterocycles. The van der Waals surface area contributed by atoms with Gasteiger partial charge in [-0.1, -0.05) is 126 Å². The molecule has 396 valence electrons. The fraction of sp³-hybridized carbons (Fsp3) is 0.0735. The summed E-state index contributed by atoms with van der Waals surface area (Å²) in [5.41, 5.74) is 20.1. The summed E-state index contributed by atoms with van der Waals surface area (Å²) >= 11 is 19.0. The van der Waals surface area contributed by atoms with E-state index in [2.05, 4.69) is 80.9 Å². The number of carboxylic acids is 1. The van der Waals surface area contributed by atoms with E-state index >= 15 is 0 Å². The minimum atomic E-state index is -0.912. The first-order valence-electron chi connectivity index (χ1n) is 25.7. The molecule has 0 aliphatic rings. The predicted molar refractivity (Wildman–Crippen MR) is 328 cm³/mol. The number of fused-ring (bicyclic) bond motifs is 3. The third kappa shape index (κ3) is 11.5. The van der Waals surface area contributed by atoms with Crippen LogP contribution in [-0.2, 0) is 4.74 Å². The molecule has 5 N–H and O–H groups in total. The molecule has 0 aliphatic heterocycles. The number of carbonyl (C=O) groups is 3. The lowest BCUT2D eigenvalue weighted by Gasteiger charge is -2.08. The molecule has 9 aromatic carbocycles. The van der Waals surface area contributed by atoms with Crippen LogP contribution in [0.25, 0.3) is 99.9 Å². The standard InChI is InChI=1S/C23H19ClN2O.C23H18ClNO2.C22H16ClNO2/c1-14-11-16(23(27)25-2)7-9-18(14)15-8-10-21-17(12-15)13-22(26-21)19-5-3-4-6-20(19)24;1-14-11-16(23(26)27-2)7-9-18(14)15-8-10-21-17(12-15)13-22(25-21)19-5-3-4-6-20(19)24;1-13-10-15(22(25)26)6-8-17(13)14-7-9-20-16(11-14)12-21(24-20)18-4-2-3-5-19(18)23/h3-13,26H,1-2H3,(H,25,27);3-13,25H,1-2H3;2-12,24H,1H3,(H,25,26). The van der Waals surface area contributed by atoms with Crippen LogP contribution >= 0.6 is 34.8 Å². The molecule has 0 fully saturated rings. The van der Waals surface area contributed by atoms with Crippen molar-refractivity contribution in [2.24, 2.45) is 0 Å². The number of amides is 1. The van der Waals surface area contributed by atoms with Gasteiger partial charge < -0.3 is 30.1 Å². The van der Waals surface area contributed by atoms with Crippen LogP contribution in [0, 0.1) is 20.8 Å². The van der Waals surface area contributed by atoms with Crippen LogP contribution < -0.4 is 5.32 Å². The number of aromatic amines is 3. The van der Waals surface area contributed by atoms with E-state index in [1.165, 1.54) is 7.11 Å². The van der Waals surface area contributed by atoms with Crippen molar-refractivity contribution in [3.63, 3.8) is 0 Å². The lowest BCUT2D eigenvalue weighted by molar-refractivity contribution is 0.0599. The van der Waals surface area contributed by atoms with Crippen molar-refractivity contribution in [1.29, 1.82) is 0 Å². The van der Waals surface area contributed by atoms with Crippen molar-refractivity contribution in [2.75, 3.05) is 14.2 Å². The zero-order valence-electron chi connectivity index (χ0n) is 44.3. The molecule has 0 bridgehead atoms. The molecule has 9 nitrogen and oxygen atoms in total. The number of halogens is 3. The van der Waals surface area contributed by atoms with Crippen molar-refractivity contribution in [2.45, 2.75) is 20.8 Å². The zero-order chi connectivity index (χ0) is 56.2. The number of H-pyrrole nitrogens is 3. The third-order valence-corrected chi connectivity index (χ3v) is 15.1. The smallest absolute Gasteiger partial charge is 0.337 e. The van der Waals surface area contributed by atoms with Gasteiger partial charge in [0, 0.05) is 94.2 Å². The maximum absolute atomic E-state index is 11.8. The average molecular weight is 1110 g/mol. The monoisotopic (exact) mass is 1110 g/mol. The van der Waals surface area contributed by atoms with Gasteiger partial charge in [0.25, 0.3) is 5.91 Å². The Balaban J connectivity index is 0.000000135. The molecule has 0 saturated heterocycles. The molecule has 0 spiro atoms. The van der Waals surface area contributed by atoms with Gasteiger partial charge in [-0.25, -0.2) is 9.59 Å². The van der Waals surface area contributed by atoms with Crippen LogP contribution in [-0.4, -0.2) is 52.1 Å². The van der Waals surface area contributed by atoms with Gasteiger partial charge in [0.05, 0.1) is 18.2 Å². The fourth-order valence-electron chi connectivity index (χ4n) is 10.0. The average Bonchev–Trinajstić information content (AvgIpc) is 4.26. The number of aromatic nitrogens is 3. The van der Waals surface area contributed by atoms with Gasteiger partial charge in [0.15, 0.2) is 0 Å². The summed E-state index contributed by atoms with van der Waals surface area (Å²) in [6, 6.07) is 65.1. The number of rotatable bonds is 9. The summed E-state index contributed by atoms with van der Waals surface area (Å²) in [5.74, 6) is -1.31. The van der Waals surface area contributed by atoms with E-state index in [1.54, 1.807) is 25.2 Å². The highest BCUT2D eigenvalue weighted by Crippen LogP contribution is 2.37. The summed E-state index contributed by atoms with van der Waals surface area (Å²) < 4.78 is 4.80. The maximum atomic E-state index is 11.8. The van der Waals surface area contributed by atoms with E-state index in [9.17, 15) is 14.4 Å². The largest absolute Gasteiger partial charge is 0.478 e. The second kappa shape index (κ2) is 23.5. The fourth-order valence-corrected chi connectivity index (χ4v) is 10.7. The molecule has 12 rings (SSSR count). The summed E-state index contributed by atoms with van der Waals surface area (Å²) in [6.07, 6.45) is 0. The number of nitrogens with one attached hydrogen (secondary N) is 4. The first-order chi connectivity index (χ1) is 38.7. The summed E-state index contributed by atoms with van der Waals surface area (Å²) in [7, 11) is 3.03. The number of esters is 1. The lowest BCUT2D eigenvalue weighted by atomic mass is 9.97. The van der Waals surface area contributed by atoms with Gasteiger partial charge in [-0.05, 0) is 180 Å². The number of ether oxygens (including phenoxy) is 1. The van der Waals surface area contributed by atoms with E-state index in [1.807, 2.05) is 142 Å². The molecule has 1 amide bonds. The van der Waals surface area contributed by atoms with Gasteiger partial charge in [0.2, 0.25) is 0 Å². The second-order valence-corrected chi connectivity index (χ2v) is 20.6.